The number of rotatable bonds is 9. The van der Waals surface area contributed by atoms with Gasteiger partial charge in [-0.05, 0) is 84.2 Å². The molecule has 0 saturated carbocycles. The van der Waals surface area contributed by atoms with Crippen LogP contribution >= 0.6 is 11.6 Å². The number of alkyl carbamates (subject to hydrolysis) is 1. The van der Waals surface area contributed by atoms with Crippen LogP contribution in [0.2, 0.25) is 5.15 Å². The molecule has 0 aliphatic carbocycles. The Bertz CT molecular complexity index is 1410. The Morgan fingerprint density at radius 2 is 1.60 bits per heavy atom. The van der Waals surface area contributed by atoms with Gasteiger partial charge < -0.3 is 24.9 Å². The molecule has 1 aromatic heterocycles. The Balaban J connectivity index is 1.82. The second-order valence-corrected chi connectivity index (χ2v) is 12.2. The van der Waals surface area contributed by atoms with E-state index in [1.165, 1.54) is 6.20 Å². The van der Waals surface area contributed by atoms with E-state index in [9.17, 15) is 9.59 Å². The lowest BCUT2D eigenvalue weighted by atomic mass is 10.0. The maximum Gasteiger partial charge on any atom is 0.412 e. The van der Waals surface area contributed by atoms with Crippen LogP contribution in [-0.4, -0.2) is 46.7 Å². The smallest absolute Gasteiger partial charge is 0.412 e. The van der Waals surface area contributed by atoms with E-state index < -0.39 is 23.4 Å². The Morgan fingerprint density at radius 3 is 2.21 bits per heavy atom. The summed E-state index contributed by atoms with van der Waals surface area (Å²) in [6.45, 7) is 12.5. The van der Waals surface area contributed by atoms with Crippen LogP contribution in [0.15, 0.2) is 60.8 Å². The van der Waals surface area contributed by atoms with Gasteiger partial charge in [0.2, 0.25) is 0 Å². The highest BCUT2D eigenvalue weighted by Gasteiger charge is 2.22. The second-order valence-electron chi connectivity index (χ2n) is 11.9. The predicted octanol–water partition coefficient (Wildman–Crippen LogP) is 7.65. The van der Waals surface area contributed by atoms with Crippen molar-refractivity contribution >= 4 is 35.2 Å². The first-order chi connectivity index (χ1) is 19.6. The van der Waals surface area contributed by atoms with Crippen molar-refractivity contribution < 1.29 is 23.8 Å². The largest absolute Gasteiger partial charge is 0.490 e. The van der Waals surface area contributed by atoms with Gasteiger partial charge in [-0.3, -0.25) is 5.32 Å². The molecule has 3 N–H and O–H groups in total. The number of ether oxygens (including phenoxy) is 3. The van der Waals surface area contributed by atoms with Crippen molar-refractivity contribution in [3.8, 4) is 16.9 Å². The second kappa shape index (κ2) is 13.7. The van der Waals surface area contributed by atoms with Gasteiger partial charge >= 0.3 is 12.2 Å². The number of carbonyl (C=O) groups is 2. The summed E-state index contributed by atoms with van der Waals surface area (Å²) in [7, 11) is 0. The van der Waals surface area contributed by atoms with Gasteiger partial charge in [-0.2, -0.15) is 0 Å². The van der Waals surface area contributed by atoms with Crippen LogP contribution in [0, 0.1) is 5.41 Å². The molecule has 1 atom stereocenters. The molecule has 1 heterocycles. The number of pyridine rings is 1. The van der Waals surface area contributed by atoms with Crippen molar-refractivity contribution in [2.45, 2.75) is 72.1 Å². The standard InChI is InChI=1S/C32H39ClN4O5/c1-20(34)25-16-22(13-14-27(25)37-30(39)42-32(5,6)7)26-17-24(18-35-28(26)33)40-19-23(15-21-11-9-8-10-12-21)36-29(38)41-31(2,3)4/h8-14,16-18,23,34H,15,19H2,1-7H3,(H,36,38)(H,37,39). The van der Waals surface area contributed by atoms with Crippen LogP contribution in [0.5, 0.6) is 5.75 Å². The highest BCUT2D eigenvalue weighted by molar-refractivity contribution is 6.32. The van der Waals surface area contributed by atoms with E-state index >= 15 is 0 Å². The highest BCUT2D eigenvalue weighted by Crippen LogP contribution is 2.32. The first-order valence-corrected chi connectivity index (χ1v) is 14.0. The lowest BCUT2D eigenvalue weighted by Crippen LogP contribution is -2.43. The Morgan fingerprint density at radius 1 is 0.952 bits per heavy atom. The fraction of sp³-hybridized carbons (Fsp3) is 0.375. The van der Waals surface area contributed by atoms with E-state index in [1.807, 2.05) is 51.1 Å². The average Bonchev–Trinajstić information content (AvgIpc) is 2.86. The molecule has 0 bridgehead atoms. The molecule has 0 saturated heterocycles. The number of anilines is 1. The minimum atomic E-state index is -0.661. The summed E-state index contributed by atoms with van der Waals surface area (Å²) in [6.07, 6.45) is 0.900. The summed E-state index contributed by atoms with van der Waals surface area (Å²) in [6, 6.07) is 16.4. The lowest BCUT2D eigenvalue weighted by Gasteiger charge is -2.24. The van der Waals surface area contributed by atoms with Crippen molar-refractivity contribution in [3.63, 3.8) is 0 Å². The van der Waals surface area contributed by atoms with E-state index in [1.54, 1.807) is 52.0 Å². The topological polar surface area (TPSA) is 123 Å². The Hall–Kier alpha value is -4.11. The van der Waals surface area contributed by atoms with E-state index in [2.05, 4.69) is 15.6 Å². The van der Waals surface area contributed by atoms with Crippen LogP contribution in [0.1, 0.15) is 59.6 Å². The number of nitrogens with one attached hydrogen (secondary N) is 3. The van der Waals surface area contributed by atoms with Gasteiger partial charge in [0, 0.05) is 16.8 Å². The quantitative estimate of drug-likeness (QED) is 0.173. The van der Waals surface area contributed by atoms with Crippen molar-refractivity contribution in [3.05, 3.63) is 77.1 Å². The van der Waals surface area contributed by atoms with Crippen LogP contribution in [0.4, 0.5) is 15.3 Å². The van der Waals surface area contributed by atoms with Gasteiger partial charge in [0.1, 0.15) is 28.7 Å². The summed E-state index contributed by atoms with van der Waals surface area (Å²) >= 11 is 6.48. The van der Waals surface area contributed by atoms with E-state index in [0.717, 1.165) is 5.56 Å². The van der Waals surface area contributed by atoms with Gasteiger partial charge in [0.15, 0.2) is 0 Å². The number of nitrogens with zero attached hydrogens (tertiary/aromatic N) is 1. The number of hydrogen-bond donors (Lipinski definition) is 3. The summed E-state index contributed by atoms with van der Waals surface area (Å²) in [5, 5.41) is 14.1. The van der Waals surface area contributed by atoms with Gasteiger partial charge in [-0.25, -0.2) is 14.6 Å². The van der Waals surface area contributed by atoms with Crippen molar-refractivity contribution in [2.24, 2.45) is 0 Å². The number of carbonyl (C=O) groups excluding carboxylic acids is 2. The summed E-state index contributed by atoms with van der Waals surface area (Å²) in [5.41, 5.74) is 2.19. The molecule has 9 nitrogen and oxygen atoms in total. The maximum atomic E-state index is 12.5. The molecule has 3 aromatic rings. The number of hydrogen-bond acceptors (Lipinski definition) is 7. The third kappa shape index (κ3) is 10.4. The first-order valence-electron chi connectivity index (χ1n) is 13.6. The minimum absolute atomic E-state index is 0.153. The van der Waals surface area contributed by atoms with Gasteiger partial charge in [-0.15, -0.1) is 0 Å². The number of halogens is 1. The zero-order valence-electron chi connectivity index (χ0n) is 25.1. The summed E-state index contributed by atoms with van der Waals surface area (Å²) in [4.78, 5) is 29.2. The maximum absolute atomic E-state index is 12.5. The predicted molar refractivity (Wildman–Crippen MR) is 166 cm³/mol. The van der Waals surface area contributed by atoms with E-state index in [0.29, 0.717) is 34.5 Å². The Labute approximate surface area is 252 Å². The normalized spacial score (nSPS) is 12.2. The molecule has 224 valence electrons. The Kier molecular flexibility index (Phi) is 10.6. The highest BCUT2D eigenvalue weighted by atomic mass is 35.5. The van der Waals surface area contributed by atoms with Crippen LogP contribution in [0.3, 0.4) is 0 Å². The lowest BCUT2D eigenvalue weighted by molar-refractivity contribution is 0.0487. The molecule has 0 radical (unpaired) electrons. The summed E-state index contributed by atoms with van der Waals surface area (Å²) < 4.78 is 16.9. The van der Waals surface area contributed by atoms with E-state index in [4.69, 9.17) is 31.2 Å². The molecular weight excluding hydrogens is 556 g/mol. The number of aromatic nitrogens is 1. The molecule has 3 rings (SSSR count). The molecular formula is C32H39ClN4O5. The molecule has 42 heavy (non-hydrogen) atoms. The van der Waals surface area contributed by atoms with Crippen LogP contribution in [0.25, 0.3) is 11.1 Å². The number of benzene rings is 2. The van der Waals surface area contributed by atoms with E-state index in [-0.39, 0.29) is 23.5 Å². The molecule has 10 heteroatoms. The fourth-order valence-electron chi connectivity index (χ4n) is 3.98. The molecule has 0 fully saturated rings. The van der Waals surface area contributed by atoms with Crippen molar-refractivity contribution in [2.75, 3.05) is 11.9 Å². The zero-order chi connectivity index (χ0) is 31.1. The monoisotopic (exact) mass is 594 g/mol. The third-order valence-electron chi connectivity index (χ3n) is 5.68. The molecule has 0 aliphatic heterocycles. The minimum Gasteiger partial charge on any atom is -0.490 e. The van der Waals surface area contributed by atoms with Gasteiger partial charge in [0.25, 0.3) is 0 Å². The zero-order valence-corrected chi connectivity index (χ0v) is 25.9. The fourth-order valence-corrected chi connectivity index (χ4v) is 4.19. The van der Waals surface area contributed by atoms with Gasteiger partial charge in [-0.1, -0.05) is 48.0 Å². The van der Waals surface area contributed by atoms with Gasteiger partial charge in [0.05, 0.1) is 17.9 Å². The molecule has 0 spiro atoms. The van der Waals surface area contributed by atoms with Crippen molar-refractivity contribution in [1.29, 1.82) is 5.41 Å². The molecule has 2 amide bonds. The molecule has 0 aliphatic rings. The van der Waals surface area contributed by atoms with Crippen LogP contribution < -0.4 is 15.4 Å². The third-order valence-corrected chi connectivity index (χ3v) is 5.98. The van der Waals surface area contributed by atoms with Crippen LogP contribution in [-0.2, 0) is 15.9 Å². The first kappa shape index (κ1) is 32.4. The SMILES string of the molecule is CC(=N)c1cc(-c2cc(OCC(Cc3ccccc3)NC(=O)OC(C)(C)C)cnc2Cl)ccc1NC(=O)OC(C)(C)C. The summed E-state index contributed by atoms with van der Waals surface area (Å²) in [5.74, 6) is 0.447. The molecule has 2 aromatic carbocycles. The molecule has 1 unspecified atom stereocenters. The average molecular weight is 595 g/mol. The van der Waals surface area contributed by atoms with Crippen molar-refractivity contribution in [1.82, 2.24) is 10.3 Å². The number of amides is 2.